The van der Waals surface area contributed by atoms with Gasteiger partial charge in [-0.3, -0.25) is 14.5 Å². The molecule has 2 saturated heterocycles. The van der Waals surface area contributed by atoms with Crippen molar-refractivity contribution in [2.24, 2.45) is 10.2 Å². The number of rotatable bonds is 6. The lowest BCUT2D eigenvalue weighted by atomic mass is 10.0. The Morgan fingerprint density at radius 2 is 2.30 bits per heavy atom. The van der Waals surface area contributed by atoms with Gasteiger partial charge in [-0.1, -0.05) is 36.4 Å². The molecule has 8 heteroatoms. The maximum atomic E-state index is 11.7. The molecule has 0 spiro atoms. The number of carbonyl (C=O) groups excluding carboxylic acids is 1. The summed E-state index contributed by atoms with van der Waals surface area (Å²) >= 11 is 1.10. The number of amidine groups is 1. The van der Waals surface area contributed by atoms with Gasteiger partial charge in [-0.05, 0) is 43.5 Å². The van der Waals surface area contributed by atoms with Gasteiger partial charge in [-0.25, -0.2) is 0 Å². The van der Waals surface area contributed by atoms with Crippen LogP contribution in [0.2, 0.25) is 0 Å². The van der Waals surface area contributed by atoms with Crippen molar-refractivity contribution in [1.29, 1.82) is 0 Å². The van der Waals surface area contributed by atoms with Crippen molar-refractivity contribution < 1.29 is 14.7 Å². The fourth-order valence-corrected chi connectivity index (χ4v) is 4.21. The fraction of sp³-hybridized carbons (Fsp3) is 0.474. The lowest BCUT2D eigenvalue weighted by Crippen LogP contribution is -2.36. The number of hydrogen-bond acceptors (Lipinski definition) is 6. The van der Waals surface area contributed by atoms with E-state index >= 15 is 0 Å². The third-order valence-electron chi connectivity index (χ3n) is 4.77. The molecule has 2 heterocycles. The highest BCUT2D eigenvalue weighted by molar-refractivity contribution is 8.15. The molecule has 0 radical (unpaired) electrons. The van der Waals surface area contributed by atoms with Gasteiger partial charge in [0.05, 0.1) is 12.6 Å². The molecule has 0 bridgehead atoms. The SMILES string of the molecule is CC1CCCCN1Cc1cccc(C=NN=C2NC(=O)C(CC(=O)O)S2)c1. The molecule has 1 aromatic carbocycles. The zero-order valence-corrected chi connectivity index (χ0v) is 16.1. The molecule has 2 atom stereocenters. The molecule has 0 aromatic heterocycles. The molecule has 2 aliphatic rings. The first-order chi connectivity index (χ1) is 13.0. The van der Waals surface area contributed by atoms with Crippen molar-refractivity contribution in [3.63, 3.8) is 0 Å². The zero-order valence-electron chi connectivity index (χ0n) is 15.3. The predicted molar refractivity (Wildman–Crippen MR) is 107 cm³/mol. The molecule has 1 amide bonds. The van der Waals surface area contributed by atoms with Crippen LogP contribution < -0.4 is 5.32 Å². The number of thioether (sulfide) groups is 1. The predicted octanol–water partition coefficient (Wildman–Crippen LogP) is 2.46. The van der Waals surface area contributed by atoms with Gasteiger partial charge in [0.1, 0.15) is 5.25 Å². The lowest BCUT2D eigenvalue weighted by molar-refractivity contribution is -0.138. The van der Waals surface area contributed by atoms with Crippen molar-refractivity contribution in [3.8, 4) is 0 Å². The van der Waals surface area contributed by atoms with Crippen LogP contribution >= 0.6 is 11.8 Å². The smallest absolute Gasteiger partial charge is 0.305 e. The number of nitrogens with zero attached hydrogens (tertiary/aromatic N) is 3. The van der Waals surface area contributed by atoms with Gasteiger partial charge in [0.15, 0.2) is 5.17 Å². The van der Waals surface area contributed by atoms with Crippen LogP contribution in [0.3, 0.4) is 0 Å². The average molecular weight is 388 g/mol. The molecule has 144 valence electrons. The summed E-state index contributed by atoms with van der Waals surface area (Å²) in [6, 6.07) is 8.80. The molecule has 2 N–H and O–H groups in total. The first kappa shape index (κ1) is 19.6. The van der Waals surface area contributed by atoms with Crippen molar-refractivity contribution in [2.45, 2.75) is 50.4 Å². The Balaban J connectivity index is 1.59. The van der Waals surface area contributed by atoms with Crippen molar-refractivity contribution >= 4 is 35.0 Å². The summed E-state index contributed by atoms with van der Waals surface area (Å²) < 4.78 is 0. The van der Waals surface area contributed by atoms with Crippen molar-refractivity contribution in [2.75, 3.05) is 6.54 Å². The molecule has 2 fully saturated rings. The highest BCUT2D eigenvalue weighted by Crippen LogP contribution is 2.22. The van der Waals surface area contributed by atoms with Crippen LogP contribution in [-0.4, -0.2) is 51.1 Å². The number of carboxylic acids is 1. The normalized spacial score (nSPS) is 25.2. The minimum atomic E-state index is -1.01. The number of benzene rings is 1. The van der Waals surface area contributed by atoms with E-state index in [1.54, 1.807) is 6.21 Å². The zero-order chi connectivity index (χ0) is 19.2. The molecular formula is C19H24N4O3S. The second-order valence-electron chi connectivity index (χ2n) is 6.90. The standard InChI is InChI=1S/C19H24N4O3S/c1-13-5-2-3-8-23(13)12-15-7-4-6-14(9-15)11-20-22-19-21-18(26)16(27-19)10-17(24)25/h4,6-7,9,11,13,16H,2-3,5,8,10,12H2,1H3,(H,24,25)(H,21,22,26). The van der Waals surface area contributed by atoms with E-state index in [4.69, 9.17) is 5.11 Å². The van der Waals surface area contributed by atoms with Gasteiger partial charge in [-0.15, -0.1) is 5.10 Å². The van der Waals surface area contributed by atoms with Gasteiger partial charge in [-0.2, -0.15) is 5.10 Å². The first-order valence-corrected chi connectivity index (χ1v) is 10.0. The molecule has 27 heavy (non-hydrogen) atoms. The maximum Gasteiger partial charge on any atom is 0.305 e. The monoisotopic (exact) mass is 388 g/mol. The van der Waals surface area contributed by atoms with Crippen LogP contribution in [0.25, 0.3) is 0 Å². The van der Waals surface area contributed by atoms with Crippen LogP contribution in [0.1, 0.15) is 43.7 Å². The Morgan fingerprint density at radius 1 is 1.44 bits per heavy atom. The van der Waals surface area contributed by atoms with Crippen LogP contribution in [-0.2, 0) is 16.1 Å². The minimum Gasteiger partial charge on any atom is -0.481 e. The Hall–Kier alpha value is -2.19. The van der Waals surface area contributed by atoms with Crippen molar-refractivity contribution in [3.05, 3.63) is 35.4 Å². The molecule has 2 unspecified atom stereocenters. The maximum absolute atomic E-state index is 11.7. The summed E-state index contributed by atoms with van der Waals surface area (Å²) in [5, 5.41) is 19.1. The lowest BCUT2D eigenvalue weighted by Gasteiger charge is -2.33. The number of hydrogen-bond donors (Lipinski definition) is 2. The summed E-state index contributed by atoms with van der Waals surface area (Å²) in [6.07, 6.45) is 5.25. The van der Waals surface area contributed by atoms with Gasteiger partial charge < -0.3 is 10.4 Å². The molecule has 3 rings (SSSR count). The number of piperidine rings is 1. The van der Waals surface area contributed by atoms with E-state index in [0.717, 1.165) is 30.4 Å². The van der Waals surface area contributed by atoms with E-state index in [2.05, 4.69) is 39.5 Å². The second-order valence-corrected chi connectivity index (χ2v) is 8.10. The third kappa shape index (κ3) is 5.64. The van der Waals surface area contributed by atoms with E-state index in [9.17, 15) is 9.59 Å². The van der Waals surface area contributed by atoms with Crippen LogP contribution in [0, 0.1) is 0 Å². The van der Waals surface area contributed by atoms with Gasteiger partial charge in [0.25, 0.3) is 0 Å². The Bertz CT molecular complexity index is 765. The molecule has 7 nitrogen and oxygen atoms in total. The highest BCUT2D eigenvalue weighted by Gasteiger charge is 2.32. The van der Waals surface area contributed by atoms with Crippen LogP contribution in [0.15, 0.2) is 34.5 Å². The fourth-order valence-electron chi connectivity index (χ4n) is 3.29. The summed E-state index contributed by atoms with van der Waals surface area (Å²) in [4.78, 5) is 24.9. The van der Waals surface area contributed by atoms with E-state index in [1.807, 2.05) is 12.1 Å². The Labute approximate surface area is 162 Å². The number of carboxylic acid groups (broad SMARTS) is 1. The molecule has 0 aliphatic carbocycles. The van der Waals surface area contributed by atoms with E-state index < -0.39 is 11.2 Å². The topological polar surface area (TPSA) is 94.4 Å². The molecule has 0 saturated carbocycles. The molecule has 2 aliphatic heterocycles. The van der Waals surface area contributed by atoms with Gasteiger partial charge in [0, 0.05) is 12.6 Å². The highest BCUT2D eigenvalue weighted by atomic mass is 32.2. The summed E-state index contributed by atoms with van der Waals surface area (Å²) in [6.45, 7) is 4.35. The van der Waals surface area contributed by atoms with Crippen molar-refractivity contribution in [1.82, 2.24) is 10.2 Å². The Kier molecular flexibility index (Phi) is 6.63. The summed E-state index contributed by atoms with van der Waals surface area (Å²) in [5.41, 5.74) is 2.18. The Morgan fingerprint density at radius 3 is 3.07 bits per heavy atom. The number of carbonyl (C=O) groups is 2. The summed E-state index contributed by atoms with van der Waals surface area (Å²) in [7, 11) is 0. The van der Waals surface area contributed by atoms with Gasteiger partial charge in [0.2, 0.25) is 5.91 Å². The van der Waals surface area contributed by atoms with Crippen LogP contribution in [0.5, 0.6) is 0 Å². The van der Waals surface area contributed by atoms with E-state index in [1.165, 1.54) is 24.8 Å². The molecular weight excluding hydrogens is 364 g/mol. The summed E-state index contributed by atoms with van der Waals surface area (Å²) in [5.74, 6) is -1.35. The number of aliphatic carboxylic acids is 1. The second kappa shape index (κ2) is 9.14. The largest absolute Gasteiger partial charge is 0.481 e. The number of nitrogens with one attached hydrogen (secondary N) is 1. The first-order valence-electron chi connectivity index (χ1n) is 9.14. The number of likely N-dealkylation sites (tertiary alicyclic amines) is 1. The number of amides is 1. The third-order valence-corrected chi connectivity index (χ3v) is 5.84. The quantitative estimate of drug-likeness (QED) is 0.577. The van der Waals surface area contributed by atoms with E-state index in [0.29, 0.717) is 11.2 Å². The minimum absolute atomic E-state index is 0.226. The van der Waals surface area contributed by atoms with Crippen LogP contribution in [0.4, 0.5) is 0 Å². The van der Waals surface area contributed by atoms with E-state index in [-0.39, 0.29) is 12.3 Å². The molecule has 1 aromatic rings. The van der Waals surface area contributed by atoms with Gasteiger partial charge >= 0.3 is 5.97 Å². The average Bonchev–Trinajstić information content (AvgIpc) is 2.96.